The van der Waals surface area contributed by atoms with Gasteiger partial charge in [-0.2, -0.15) is 0 Å². The number of carbonyl (C=O) groups is 3. The summed E-state index contributed by atoms with van der Waals surface area (Å²) in [4.78, 5) is 38.6. The summed E-state index contributed by atoms with van der Waals surface area (Å²) in [6.07, 6.45) is 3.62. The first-order valence-electron chi connectivity index (χ1n) is 7.42. The van der Waals surface area contributed by atoms with Crippen LogP contribution in [0.15, 0.2) is 24.3 Å². The van der Waals surface area contributed by atoms with Gasteiger partial charge in [0.1, 0.15) is 0 Å². The Morgan fingerprint density at radius 3 is 2.00 bits per heavy atom. The van der Waals surface area contributed by atoms with Gasteiger partial charge in [0.2, 0.25) is 11.7 Å². The molecule has 2 amide bonds. The number of benzene rings is 1. The Morgan fingerprint density at radius 1 is 0.714 bits per heavy atom. The lowest BCUT2D eigenvalue weighted by Gasteiger charge is -2.28. The van der Waals surface area contributed by atoms with Crippen LogP contribution in [-0.2, 0) is 14.4 Å². The first-order valence-corrected chi connectivity index (χ1v) is 7.42. The summed E-state index contributed by atoms with van der Waals surface area (Å²) in [7, 11) is 0. The minimum Gasteiger partial charge on any atom is -0.312 e. The summed E-state index contributed by atoms with van der Waals surface area (Å²) in [6.45, 7) is 1.33. The minimum absolute atomic E-state index is 0.151. The molecule has 110 valence electrons. The van der Waals surface area contributed by atoms with E-state index in [1.807, 2.05) is 24.3 Å². The highest BCUT2D eigenvalue weighted by Gasteiger charge is 2.27. The van der Waals surface area contributed by atoms with Gasteiger partial charge in [0.25, 0.3) is 5.91 Å². The smallest absolute Gasteiger partial charge is 0.294 e. The van der Waals surface area contributed by atoms with E-state index in [2.05, 4.69) is 0 Å². The molecule has 0 atom stereocenters. The van der Waals surface area contributed by atoms with Crippen molar-refractivity contribution < 1.29 is 14.4 Å². The number of amides is 2. The van der Waals surface area contributed by atoms with Crippen LogP contribution in [0.1, 0.15) is 32.1 Å². The molecule has 0 aliphatic carbocycles. The zero-order valence-corrected chi connectivity index (χ0v) is 11.9. The Hall–Kier alpha value is -2.17. The van der Waals surface area contributed by atoms with E-state index in [1.165, 1.54) is 4.90 Å². The number of hydrogen-bond donors (Lipinski definition) is 0. The van der Waals surface area contributed by atoms with E-state index >= 15 is 0 Å². The lowest BCUT2D eigenvalue weighted by molar-refractivity contribution is -0.137. The van der Waals surface area contributed by atoms with Crippen LogP contribution < -0.4 is 9.80 Å². The van der Waals surface area contributed by atoms with Gasteiger partial charge in [-0.05, 0) is 43.5 Å². The number of carbonyl (C=O) groups excluding carboxylic acids is 3. The maximum absolute atomic E-state index is 11.9. The second kappa shape index (κ2) is 5.68. The van der Waals surface area contributed by atoms with E-state index in [9.17, 15) is 14.4 Å². The predicted octanol–water partition coefficient (Wildman–Crippen LogP) is 1.90. The lowest BCUT2D eigenvalue weighted by atomic mass is 10.1. The molecule has 1 aromatic carbocycles. The van der Waals surface area contributed by atoms with E-state index in [0.29, 0.717) is 25.8 Å². The van der Waals surface area contributed by atoms with Gasteiger partial charge in [0.15, 0.2) is 0 Å². The SMILES string of the molecule is O=C1CCCN(c2ccc(N3CCCCC3=O)cc2)C1=O. The average Bonchev–Trinajstić information content (AvgIpc) is 2.51. The summed E-state index contributed by atoms with van der Waals surface area (Å²) in [5, 5.41) is 0. The van der Waals surface area contributed by atoms with Crippen LogP contribution in [-0.4, -0.2) is 30.7 Å². The van der Waals surface area contributed by atoms with Crippen molar-refractivity contribution in [3.05, 3.63) is 24.3 Å². The first kappa shape index (κ1) is 13.8. The number of anilines is 2. The lowest BCUT2D eigenvalue weighted by Crippen LogP contribution is -2.41. The monoisotopic (exact) mass is 286 g/mol. The molecule has 2 fully saturated rings. The first-order chi connectivity index (χ1) is 10.2. The van der Waals surface area contributed by atoms with Gasteiger partial charge in [-0.25, -0.2) is 0 Å². The van der Waals surface area contributed by atoms with Crippen molar-refractivity contribution in [3.8, 4) is 0 Å². The van der Waals surface area contributed by atoms with Crippen molar-refractivity contribution in [1.82, 2.24) is 0 Å². The predicted molar refractivity (Wildman–Crippen MR) is 79.2 cm³/mol. The third-order valence-electron chi connectivity index (χ3n) is 4.07. The van der Waals surface area contributed by atoms with Crippen molar-refractivity contribution in [2.75, 3.05) is 22.9 Å². The fourth-order valence-corrected chi connectivity index (χ4v) is 2.89. The molecule has 0 N–H and O–H groups in total. The number of ketones is 1. The number of hydrogen-bond acceptors (Lipinski definition) is 3. The van der Waals surface area contributed by atoms with E-state index in [1.54, 1.807) is 4.90 Å². The number of piperidine rings is 2. The van der Waals surface area contributed by atoms with Gasteiger partial charge in [0, 0.05) is 37.3 Å². The summed E-state index contributed by atoms with van der Waals surface area (Å²) >= 11 is 0. The molecule has 2 heterocycles. The maximum Gasteiger partial charge on any atom is 0.294 e. The van der Waals surface area contributed by atoms with E-state index in [4.69, 9.17) is 0 Å². The summed E-state index contributed by atoms with van der Waals surface area (Å²) in [5.74, 6) is -0.599. The summed E-state index contributed by atoms with van der Waals surface area (Å²) in [6, 6.07) is 7.33. The van der Waals surface area contributed by atoms with Crippen molar-refractivity contribution in [3.63, 3.8) is 0 Å². The largest absolute Gasteiger partial charge is 0.312 e. The average molecular weight is 286 g/mol. The zero-order valence-electron chi connectivity index (χ0n) is 11.9. The molecule has 5 nitrogen and oxygen atoms in total. The molecule has 0 saturated carbocycles. The molecule has 0 spiro atoms. The van der Waals surface area contributed by atoms with Crippen LogP contribution in [0.5, 0.6) is 0 Å². The molecule has 21 heavy (non-hydrogen) atoms. The van der Waals surface area contributed by atoms with Crippen LogP contribution in [0.25, 0.3) is 0 Å². The van der Waals surface area contributed by atoms with Crippen LogP contribution in [0, 0.1) is 0 Å². The topological polar surface area (TPSA) is 57.7 Å². The van der Waals surface area contributed by atoms with Crippen LogP contribution in [0.4, 0.5) is 11.4 Å². The molecular weight excluding hydrogens is 268 g/mol. The van der Waals surface area contributed by atoms with Crippen LogP contribution >= 0.6 is 0 Å². The zero-order chi connectivity index (χ0) is 14.8. The molecule has 0 radical (unpaired) electrons. The molecular formula is C16H18N2O3. The number of rotatable bonds is 2. The van der Waals surface area contributed by atoms with E-state index in [0.717, 1.165) is 30.8 Å². The molecule has 2 saturated heterocycles. The fourth-order valence-electron chi connectivity index (χ4n) is 2.89. The minimum atomic E-state index is -0.428. The standard InChI is InChI=1S/C16H18N2O3/c19-14-4-3-11-18(16(14)21)13-8-6-12(7-9-13)17-10-2-1-5-15(17)20/h6-9H,1-5,10-11H2. The Kier molecular flexibility index (Phi) is 3.73. The Labute approximate surface area is 123 Å². The van der Waals surface area contributed by atoms with Crippen molar-refractivity contribution in [2.24, 2.45) is 0 Å². The third kappa shape index (κ3) is 2.68. The second-order valence-corrected chi connectivity index (χ2v) is 5.50. The maximum atomic E-state index is 11.9. The Balaban J connectivity index is 1.79. The highest BCUT2D eigenvalue weighted by atomic mass is 16.2. The number of Topliss-reactive ketones (excluding diaryl/α,β-unsaturated/α-hetero) is 1. The normalized spacial score (nSPS) is 20.1. The van der Waals surface area contributed by atoms with Crippen molar-refractivity contribution in [2.45, 2.75) is 32.1 Å². The molecule has 0 bridgehead atoms. The van der Waals surface area contributed by atoms with Gasteiger partial charge in [-0.3, -0.25) is 14.4 Å². The van der Waals surface area contributed by atoms with Crippen LogP contribution in [0.2, 0.25) is 0 Å². The molecule has 1 aromatic rings. The van der Waals surface area contributed by atoms with Gasteiger partial charge >= 0.3 is 0 Å². The quantitative estimate of drug-likeness (QED) is 0.780. The van der Waals surface area contributed by atoms with Gasteiger partial charge in [0.05, 0.1) is 0 Å². The number of nitrogens with zero attached hydrogens (tertiary/aromatic N) is 2. The molecule has 5 heteroatoms. The molecule has 0 unspecified atom stereocenters. The molecule has 3 rings (SSSR count). The molecule has 2 aliphatic heterocycles. The van der Waals surface area contributed by atoms with E-state index in [-0.39, 0.29) is 11.7 Å². The highest BCUT2D eigenvalue weighted by Crippen LogP contribution is 2.25. The van der Waals surface area contributed by atoms with Crippen molar-refractivity contribution in [1.29, 1.82) is 0 Å². The van der Waals surface area contributed by atoms with Gasteiger partial charge in [-0.1, -0.05) is 0 Å². The van der Waals surface area contributed by atoms with Crippen molar-refractivity contribution >= 4 is 29.0 Å². The van der Waals surface area contributed by atoms with Crippen LogP contribution in [0.3, 0.4) is 0 Å². The Morgan fingerprint density at radius 2 is 1.33 bits per heavy atom. The fraction of sp³-hybridized carbons (Fsp3) is 0.438. The Bertz CT molecular complexity index is 580. The summed E-state index contributed by atoms with van der Waals surface area (Å²) < 4.78 is 0. The van der Waals surface area contributed by atoms with Gasteiger partial charge < -0.3 is 9.80 Å². The van der Waals surface area contributed by atoms with Gasteiger partial charge in [-0.15, -0.1) is 0 Å². The second-order valence-electron chi connectivity index (χ2n) is 5.50. The summed E-state index contributed by atoms with van der Waals surface area (Å²) in [5.41, 5.74) is 1.58. The molecule has 2 aliphatic rings. The molecule has 0 aromatic heterocycles. The highest BCUT2D eigenvalue weighted by molar-refractivity contribution is 6.41. The van der Waals surface area contributed by atoms with E-state index < -0.39 is 5.91 Å². The third-order valence-corrected chi connectivity index (χ3v) is 4.07.